The molecule has 24 nitrogen and oxygen atoms in total. The molecule has 7 aliphatic rings. The number of phenolic OH excluding ortho intramolecular Hbond substituents is 1. The third-order valence-electron chi connectivity index (χ3n) is 16.4. The molecule has 81 heavy (non-hydrogen) atoms. The quantitative estimate of drug-likeness (QED) is 0.136. The Labute approximate surface area is 467 Å². The number of aromatic hydroxyl groups is 1. The molecule has 11 atom stereocenters. The minimum atomic E-state index is -2.07. The molecule has 9 rings (SSSR count). The van der Waals surface area contributed by atoms with Gasteiger partial charge in [-0.1, -0.05) is 58.1 Å². The molecule has 1 spiro atoms. The molecule has 1 aliphatic carbocycles. The average molecular weight is 1120 g/mol. The second-order valence-corrected chi connectivity index (χ2v) is 22.0. The van der Waals surface area contributed by atoms with Crippen LogP contribution in [0.1, 0.15) is 98.7 Å². The lowest BCUT2D eigenvalue weighted by Gasteiger charge is -2.38. The Morgan fingerprint density at radius 1 is 0.951 bits per heavy atom. The molecule has 0 saturated carbocycles. The minimum absolute atomic E-state index is 0.0283. The van der Waals surface area contributed by atoms with Gasteiger partial charge in [0, 0.05) is 92.2 Å². The minimum Gasteiger partial charge on any atom is -0.507 e. The largest absolute Gasteiger partial charge is 0.507 e. The molecule has 6 aliphatic heterocycles. The van der Waals surface area contributed by atoms with E-state index in [4.69, 9.17) is 38.2 Å². The van der Waals surface area contributed by atoms with Crippen LogP contribution in [-0.4, -0.2) is 166 Å². The number of amides is 2. The number of Topliss-reactive ketones (excluding diaryl/α,β-unsaturated/α-hetero) is 2. The Hall–Kier alpha value is -7.67. The van der Waals surface area contributed by atoms with E-state index in [1.54, 1.807) is 73.9 Å². The smallest absolute Gasteiger partial charge is 0.325 e. The van der Waals surface area contributed by atoms with E-state index in [1.165, 1.54) is 53.2 Å². The third-order valence-corrected chi connectivity index (χ3v) is 16.4. The fourth-order valence-electron chi connectivity index (χ4n) is 11.4. The number of aliphatic hydroxyl groups excluding tert-OH is 2. The van der Waals surface area contributed by atoms with Crippen molar-refractivity contribution >= 4 is 41.1 Å². The number of hydrogen-bond acceptors (Lipinski definition) is 21. The highest BCUT2D eigenvalue weighted by Gasteiger charge is 2.55. The van der Waals surface area contributed by atoms with Crippen molar-refractivity contribution < 1.29 is 77.4 Å². The van der Waals surface area contributed by atoms with E-state index in [9.17, 15) is 49.4 Å². The Bertz CT molecular complexity index is 3070. The van der Waals surface area contributed by atoms with E-state index >= 15 is 0 Å². The van der Waals surface area contributed by atoms with Crippen molar-refractivity contribution in [2.24, 2.45) is 33.7 Å². The van der Waals surface area contributed by atoms with Gasteiger partial charge in [0.1, 0.15) is 54.0 Å². The van der Waals surface area contributed by atoms with E-state index < -0.39 is 99.8 Å². The molecule has 2 saturated heterocycles. The van der Waals surface area contributed by atoms with Gasteiger partial charge in [0.15, 0.2) is 6.61 Å². The monoisotopic (exact) mass is 1120 g/mol. The summed E-state index contributed by atoms with van der Waals surface area (Å²) in [6.45, 7) is 13.6. The standard InChI is InChI=1S/C57H69N7O17/c1-28-11-10-12-29(2)54(72)59-46-45-44(60-57(61-45)18-20-62(21-19-57)40(66)27-77-36-15-13-35(14-16-36)25-76-37-23-63-24-39(64(73)74)58-55(63)78-26-37)41-42(50(46)70)49(69)33(6)52-43(41)53(71)56(8,81-52)79-22-17-38(75-9)30(3)51(80-34(7)65)32(5)48(68)31(4)47(28)67/h10-17,22,28,30-32,37-39,47-48,51,61,67-69H,18-21,23-27H2,1-9H3,(H,59,72)/b11-10+,22-17+,29-12-/t28-,30+,31+,32+,37-,38-,39?,47-,48+,51+,56-/m0/s1. The van der Waals surface area contributed by atoms with Crippen molar-refractivity contribution in [1.82, 2.24) is 20.4 Å². The molecular weight excluding hydrogens is 1050 g/mol. The number of allylic oxidation sites excluding steroid dienone is 4. The molecule has 6 heterocycles. The van der Waals surface area contributed by atoms with Crippen LogP contribution in [0, 0.1) is 40.7 Å². The number of phenols is 1. The summed E-state index contributed by atoms with van der Waals surface area (Å²) in [6, 6.07) is 7.31. The second kappa shape index (κ2) is 23.1. The number of amidine groups is 1. The molecule has 2 amide bonds. The fraction of sp³-hybridized carbons (Fsp3) is 0.526. The summed E-state index contributed by atoms with van der Waals surface area (Å²) in [5.74, 6) is -7.90. The first-order valence-corrected chi connectivity index (χ1v) is 27.0. The number of fused-ring (bicyclic) bond motifs is 4. The fourth-order valence-corrected chi connectivity index (χ4v) is 11.4. The first kappa shape index (κ1) is 58.0. The van der Waals surface area contributed by atoms with Gasteiger partial charge in [-0.2, -0.15) is 4.99 Å². The zero-order chi connectivity index (χ0) is 58.4. The number of ketones is 2. The van der Waals surface area contributed by atoms with Crippen LogP contribution >= 0.6 is 0 Å². The molecule has 1 unspecified atom stereocenters. The lowest BCUT2D eigenvalue weighted by molar-refractivity contribution is -0.518. The van der Waals surface area contributed by atoms with Crippen LogP contribution in [0.5, 0.6) is 17.2 Å². The maximum atomic E-state index is 14.9. The van der Waals surface area contributed by atoms with Crippen LogP contribution < -0.4 is 20.1 Å². The normalized spacial score (nSPS) is 31.4. The number of hydrogen-bond donors (Lipinski definition) is 5. The predicted molar refractivity (Wildman–Crippen MR) is 288 cm³/mol. The molecule has 5 N–H and O–H groups in total. The number of carbonyl (C=O) groups excluding carboxylic acids is 5. The summed E-state index contributed by atoms with van der Waals surface area (Å²) >= 11 is 0. The number of carbonyl (C=O) groups is 5. The number of benzene rings is 2. The van der Waals surface area contributed by atoms with E-state index in [2.05, 4.69) is 15.6 Å². The van der Waals surface area contributed by atoms with Crippen LogP contribution in [0.2, 0.25) is 0 Å². The number of rotatable bonds is 9. The molecule has 2 aromatic rings. The molecule has 2 fully saturated rings. The summed E-state index contributed by atoms with van der Waals surface area (Å²) in [6.07, 6.45) is 2.52. The predicted octanol–water partition coefficient (Wildman–Crippen LogP) is 3.76. The van der Waals surface area contributed by atoms with Gasteiger partial charge in [-0.15, -0.1) is 0 Å². The van der Waals surface area contributed by atoms with Crippen molar-refractivity contribution in [3.05, 3.63) is 110 Å². The number of methoxy groups -OCH3 is 1. The van der Waals surface area contributed by atoms with Crippen LogP contribution in [0.4, 0.5) is 0 Å². The highest BCUT2D eigenvalue weighted by Crippen LogP contribution is 2.50. The first-order valence-electron chi connectivity index (χ1n) is 27.0. The van der Waals surface area contributed by atoms with Gasteiger partial charge in [0.2, 0.25) is 5.78 Å². The van der Waals surface area contributed by atoms with E-state index in [0.717, 1.165) is 5.56 Å². The van der Waals surface area contributed by atoms with Crippen molar-refractivity contribution in [1.29, 1.82) is 0 Å². The van der Waals surface area contributed by atoms with Crippen molar-refractivity contribution in [3.63, 3.8) is 0 Å². The van der Waals surface area contributed by atoms with Crippen LogP contribution in [0.15, 0.2) is 81.8 Å². The van der Waals surface area contributed by atoms with Crippen molar-refractivity contribution in [2.75, 3.05) is 46.5 Å². The maximum absolute atomic E-state index is 14.9. The van der Waals surface area contributed by atoms with Gasteiger partial charge < -0.3 is 68.9 Å². The highest BCUT2D eigenvalue weighted by atomic mass is 16.7. The number of nitrogens with one attached hydrogen (secondary N) is 2. The number of aliphatic imine (C=N–C) groups is 2. The lowest BCUT2D eigenvalue weighted by Crippen LogP contribution is -2.52. The van der Waals surface area contributed by atoms with Gasteiger partial charge in [0.25, 0.3) is 23.6 Å². The highest BCUT2D eigenvalue weighted by molar-refractivity contribution is 6.34. The van der Waals surface area contributed by atoms with Gasteiger partial charge in [0.05, 0.1) is 60.3 Å². The van der Waals surface area contributed by atoms with Crippen LogP contribution in [0.3, 0.4) is 0 Å². The topological polar surface area (TPSA) is 309 Å². The Kier molecular flexibility index (Phi) is 16.5. The number of esters is 1. The van der Waals surface area contributed by atoms with Gasteiger partial charge >= 0.3 is 17.9 Å². The van der Waals surface area contributed by atoms with Crippen molar-refractivity contribution in [3.8, 4) is 17.2 Å². The van der Waals surface area contributed by atoms with Crippen LogP contribution in [-0.2, 0) is 44.7 Å². The van der Waals surface area contributed by atoms with E-state index in [1.807, 2.05) is 0 Å². The number of nitrogens with zero attached hydrogens (tertiary/aromatic N) is 5. The zero-order valence-corrected chi connectivity index (χ0v) is 46.6. The number of nitro groups is 1. The zero-order valence-electron chi connectivity index (χ0n) is 46.6. The molecule has 5 bridgehead atoms. The Balaban J connectivity index is 0.957. The summed E-state index contributed by atoms with van der Waals surface area (Å²) < 4.78 is 41.6. The molecule has 0 aromatic heterocycles. The van der Waals surface area contributed by atoms with Gasteiger partial charge in [-0.3, -0.25) is 39.1 Å². The lowest BCUT2D eigenvalue weighted by atomic mass is 9.78. The summed E-state index contributed by atoms with van der Waals surface area (Å²) in [7, 11) is 1.43. The van der Waals surface area contributed by atoms with Gasteiger partial charge in [-0.05, 0) is 37.6 Å². The molecule has 0 radical (unpaired) electrons. The van der Waals surface area contributed by atoms with E-state index in [0.29, 0.717) is 12.3 Å². The number of likely N-dealkylation sites (tertiary alicyclic amines) is 1. The van der Waals surface area contributed by atoms with Gasteiger partial charge in [-0.25, -0.2) is 0 Å². The summed E-state index contributed by atoms with van der Waals surface area (Å²) in [5.41, 5.74) is -0.569. The number of ether oxygens (including phenoxy) is 7. The average Bonchev–Trinajstić information content (AvgIpc) is 4.36. The summed E-state index contributed by atoms with van der Waals surface area (Å²) in [5, 5.41) is 52.4. The number of piperidine rings is 1. The van der Waals surface area contributed by atoms with Crippen LogP contribution in [0.25, 0.3) is 0 Å². The van der Waals surface area contributed by atoms with E-state index in [-0.39, 0.29) is 121 Å². The second-order valence-electron chi connectivity index (χ2n) is 22.0. The Morgan fingerprint density at radius 3 is 2.35 bits per heavy atom. The molecule has 2 aromatic carbocycles. The summed E-state index contributed by atoms with van der Waals surface area (Å²) in [4.78, 5) is 93.4. The SMILES string of the molecule is CO[C@H]1/C=C/O[C@@]2(C)Oc3c(C)c(O)c4c(c3C2=O)C2=NC3(CCN(C(=O)COc5ccc(CO[C@@H]6COC7=NC([N+](=O)[O-])CN7C6)cc5)CC3)NC2=C(NC(=O)/C(C)=C\C=C\[C@H](C)[C@H](O)[C@@H](C)[C@@H](O)[C@@H](C)[C@H](OC(C)=O)[C@@H]1C)C4=O. The molecular formula is C57H69N7O17. The van der Waals surface area contributed by atoms with Crippen molar-refractivity contribution in [2.45, 2.75) is 123 Å². The number of aliphatic hydroxyl groups is 2. The Morgan fingerprint density at radius 2 is 1.67 bits per heavy atom. The maximum Gasteiger partial charge on any atom is 0.325 e. The first-order chi connectivity index (χ1) is 38.4. The molecule has 24 heteroatoms. The third kappa shape index (κ3) is 11.4. The molecule has 434 valence electrons.